The molecule has 0 fully saturated rings. The van der Waals surface area contributed by atoms with Gasteiger partial charge in [-0.15, -0.1) is 0 Å². The van der Waals surface area contributed by atoms with Crippen LogP contribution in [-0.2, 0) is 16.1 Å². The highest BCUT2D eigenvalue weighted by molar-refractivity contribution is 5.42. The lowest BCUT2D eigenvalue weighted by Gasteiger charge is -2.08. The third-order valence-corrected chi connectivity index (χ3v) is 2.18. The fourth-order valence-electron chi connectivity index (χ4n) is 1.33. The molecule has 0 aliphatic heterocycles. The molecule has 0 amide bonds. The first-order valence-electron chi connectivity index (χ1n) is 6.00. The molecular weight excluding hydrogens is 216 g/mol. The van der Waals surface area contributed by atoms with E-state index in [4.69, 9.17) is 9.47 Å². The van der Waals surface area contributed by atoms with Crippen LogP contribution in [0.1, 0.15) is 19.5 Å². The molecule has 0 aliphatic rings. The van der Waals surface area contributed by atoms with Crippen LogP contribution in [-0.4, -0.2) is 31.9 Å². The Bertz CT molecular complexity index is 316. The number of nitrogens with one attached hydrogen (secondary N) is 1. The van der Waals surface area contributed by atoms with Gasteiger partial charge in [-0.2, -0.15) is 0 Å². The van der Waals surface area contributed by atoms with Crippen LogP contribution in [0.25, 0.3) is 0 Å². The van der Waals surface area contributed by atoms with Gasteiger partial charge in [-0.05, 0) is 18.1 Å². The molecule has 1 rings (SSSR count). The number of aromatic nitrogens is 1. The van der Waals surface area contributed by atoms with Crippen LogP contribution in [0.3, 0.4) is 0 Å². The third-order valence-electron chi connectivity index (χ3n) is 2.18. The Morgan fingerprint density at radius 3 is 2.76 bits per heavy atom. The fourth-order valence-corrected chi connectivity index (χ4v) is 1.33. The van der Waals surface area contributed by atoms with Crippen molar-refractivity contribution in [1.29, 1.82) is 0 Å². The van der Waals surface area contributed by atoms with Gasteiger partial charge in [0.2, 0.25) is 0 Å². The van der Waals surface area contributed by atoms with E-state index in [0.29, 0.717) is 25.7 Å². The Hall–Kier alpha value is -1.13. The molecule has 4 nitrogen and oxygen atoms in total. The number of anilines is 1. The molecule has 0 bridgehead atoms. The summed E-state index contributed by atoms with van der Waals surface area (Å²) in [4.78, 5) is 4.23. The van der Waals surface area contributed by atoms with E-state index in [9.17, 15) is 0 Å². The molecule has 0 saturated heterocycles. The fraction of sp³-hybridized carbons (Fsp3) is 0.615. The smallest absolute Gasteiger partial charge is 0.0889 e. The first-order valence-corrected chi connectivity index (χ1v) is 6.00. The van der Waals surface area contributed by atoms with E-state index in [-0.39, 0.29) is 0 Å². The lowest BCUT2D eigenvalue weighted by atomic mass is 10.2. The van der Waals surface area contributed by atoms with Gasteiger partial charge in [0, 0.05) is 25.5 Å². The first-order chi connectivity index (χ1) is 8.22. The molecule has 4 heteroatoms. The second kappa shape index (κ2) is 8.03. The molecule has 0 spiro atoms. The number of hydrogen-bond donors (Lipinski definition) is 1. The maximum Gasteiger partial charge on any atom is 0.0889 e. The van der Waals surface area contributed by atoms with Crippen LogP contribution in [0.2, 0.25) is 0 Å². The van der Waals surface area contributed by atoms with Crippen LogP contribution < -0.4 is 5.32 Å². The molecule has 1 aromatic heterocycles. The van der Waals surface area contributed by atoms with Crippen LogP contribution in [0.5, 0.6) is 0 Å². The predicted molar refractivity (Wildman–Crippen MR) is 69.1 cm³/mol. The molecule has 96 valence electrons. The van der Waals surface area contributed by atoms with E-state index in [1.165, 1.54) is 0 Å². The van der Waals surface area contributed by atoms with Gasteiger partial charge in [0.25, 0.3) is 0 Å². The van der Waals surface area contributed by atoms with Crippen molar-refractivity contribution in [3.63, 3.8) is 0 Å². The van der Waals surface area contributed by atoms with E-state index in [1.54, 1.807) is 6.20 Å². The normalized spacial score (nSPS) is 10.8. The summed E-state index contributed by atoms with van der Waals surface area (Å²) >= 11 is 0. The highest BCUT2D eigenvalue weighted by Gasteiger charge is 1.97. The average molecular weight is 238 g/mol. The Morgan fingerprint density at radius 1 is 1.29 bits per heavy atom. The lowest BCUT2D eigenvalue weighted by Crippen LogP contribution is -2.08. The minimum atomic E-state index is 0.528. The lowest BCUT2D eigenvalue weighted by molar-refractivity contribution is 0.0305. The third kappa shape index (κ3) is 6.24. The summed E-state index contributed by atoms with van der Waals surface area (Å²) in [5.74, 6) is 0.573. The van der Waals surface area contributed by atoms with Crippen LogP contribution in [0.15, 0.2) is 18.3 Å². The molecule has 17 heavy (non-hydrogen) atoms. The van der Waals surface area contributed by atoms with Crippen LogP contribution in [0.4, 0.5) is 5.69 Å². The highest BCUT2D eigenvalue weighted by Crippen LogP contribution is 2.07. The van der Waals surface area contributed by atoms with Gasteiger partial charge in [0.05, 0.1) is 25.5 Å². The monoisotopic (exact) mass is 238 g/mol. The summed E-state index contributed by atoms with van der Waals surface area (Å²) in [7, 11) is 1.89. The summed E-state index contributed by atoms with van der Waals surface area (Å²) in [6.45, 7) is 6.83. The van der Waals surface area contributed by atoms with Gasteiger partial charge >= 0.3 is 0 Å². The van der Waals surface area contributed by atoms with Crippen LogP contribution in [0, 0.1) is 5.92 Å². The van der Waals surface area contributed by atoms with Gasteiger partial charge in [0.15, 0.2) is 0 Å². The molecule has 0 aromatic carbocycles. The maximum atomic E-state index is 5.49. The number of ether oxygens (including phenoxy) is 2. The zero-order valence-corrected chi connectivity index (χ0v) is 10.9. The van der Waals surface area contributed by atoms with Crippen molar-refractivity contribution in [2.45, 2.75) is 20.5 Å². The molecule has 1 aromatic rings. The van der Waals surface area contributed by atoms with Crippen molar-refractivity contribution < 1.29 is 9.47 Å². The molecule has 0 atom stereocenters. The SMILES string of the molecule is CNc1ccnc(COCCOCC(C)C)c1. The summed E-state index contributed by atoms with van der Waals surface area (Å²) < 4.78 is 10.9. The number of hydrogen-bond acceptors (Lipinski definition) is 4. The zero-order valence-electron chi connectivity index (χ0n) is 10.9. The number of pyridine rings is 1. The molecule has 1 heterocycles. The molecule has 0 aliphatic carbocycles. The summed E-state index contributed by atoms with van der Waals surface area (Å²) in [6.07, 6.45) is 1.78. The molecule has 0 radical (unpaired) electrons. The Kier molecular flexibility index (Phi) is 6.58. The summed E-state index contributed by atoms with van der Waals surface area (Å²) in [5.41, 5.74) is 1.98. The van der Waals surface area contributed by atoms with Crippen molar-refractivity contribution in [2.75, 3.05) is 32.2 Å². The molecule has 0 unspecified atom stereocenters. The van der Waals surface area contributed by atoms with Gasteiger partial charge in [-0.1, -0.05) is 13.8 Å². The van der Waals surface area contributed by atoms with Crippen molar-refractivity contribution in [2.24, 2.45) is 5.92 Å². The standard InChI is InChI=1S/C13H22N2O2/c1-11(2)9-16-6-7-17-10-13-8-12(14-3)4-5-15-13/h4-5,8,11H,6-7,9-10H2,1-3H3,(H,14,15). The number of rotatable bonds is 8. The van der Waals surface area contributed by atoms with Crippen molar-refractivity contribution >= 4 is 5.69 Å². The first kappa shape index (κ1) is 13.9. The van der Waals surface area contributed by atoms with Gasteiger partial charge in [-0.25, -0.2) is 0 Å². The van der Waals surface area contributed by atoms with Crippen molar-refractivity contribution in [3.8, 4) is 0 Å². The van der Waals surface area contributed by atoms with Crippen molar-refractivity contribution in [3.05, 3.63) is 24.0 Å². The Labute approximate surface area is 103 Å². The van der Waals surface area contributed by atoms with E-state index in [2.05, 4.69) is 24.1 Å². The maximum absolute atomic E-state index is 5.49. The minimum absolute atomic E-state index is 0.528. The predicted octanol–water partition coefficient (Wildman–Crippen LogP) is 2.31. The molecule has 0 saturated carbocycles. The summed E-state index contributed by atoms with van der Waals surface area (Å²) in [5, 5.41) is 3.07. The van der Waals surface area contributed by atoms with Gasteiger partial charge < -0.3 is 14.8 Å². The quantitative estimate of drug-likeness (QED) is 0.706. The largest absolute Gasteiger partial charge is 0.388 e. The highest BCUT2D eigenvalue weighted by atomic mass is 16.5. The van der Waals surface area contributed by atoms with Crippen molar-refractivity contribution in [1.82, 2.24) is 4.98 Å². The van der Waals surface area contributed by atoms with E-state index >= 15 is 0 Å². The second-order valence-corrected chi connectivity index (χ2v) is 4.31. The summed E-state index contributed by atoms with van der Waals surface area (Å²) in [6, 6.07) is 3.91. The molecular formula is C13H22N2O2. The average Bonchev–Trinajstić information content (AvgIpc) is 2.33. The minimum Gasteiger partial charge on any atom is -0.388 e. The van der Waals surface area contributed by atoms with E-state index in [0.717, 1.165) is 18.0 Å². The second-order valence-electron chi connectivity index (χ2n) is 4.31. The Balaban J connectivity index is 2.13. The van der Waals surface area contributed by atoms with Gasteiger partial charge in [0.1, 0.15) is 0 Å². The van der Waals surface area contributed by atoms with E-state index in [1.807, 2.05) is 19.2 Å². The zero-order chi connectivity index (χ0) is 12.5. The van der Waals surface area contributed by atoms with E-state index < -0.39 is 0 Å². The van der Waals surface area contributed by atoms with Gasteiger partial charge in [-0.3, -0.25) is 4.98 Å². The number of nitrogens with zero attached hydrogens (tertiary/aromatic N) is 1. The van der Waals surface area contributed by atoms with Crippen LogP contribution >= 0.6 is 0 Å². The Morgan fingerprint density at radius 2 is 2.06 bits per heavy atom. The topological polar surface area (TPSA) is 43.4 Å². The molecule has 1 N–H and O–H groups in total.